The maximum atomic E-state index is 10.9. The molecule has 8 heteroatoms. The number of rotatable bonds is 7. The Morgan fingerprint density at radius 1 is 1.36 bits per heavy atom. The summed E-state index contributed by atoms with van der Waals surface area (Å²) in [4.78, 5) is 10.5. The van der Waals surface area contributed by atoms with E-state index >= 15 is 0 Å². The van der Waals surface area contributed by atoms with Crippen LogP contribution in [0.25, 0.3) is 11.3 Å². The molecule has 3 aromatic rings. The lowest BCUT2D eigenvalue weighted by Gasteiger charge is -2.08. The number of non-ortho nitro benzene ring substituents is 1. The van der Waals surface area contributed by atoms with Crippen molar-refractivity contribution in [1.82, 2.24) is 9.78 Å². The van der Waals surface area contributed by atoms with E-state index in [9.17, 15) is 15.2 Å². The molecule has 2 heterocycles. The minimum absolute atomic E-state index is 0.0447. The van der Waals surface area contributed by atoms with Crippen LogP contribution in [-0.2, 0) is 13.1 Å². The number of furan rings is 1. The quantitative estimate of drug-likeness (QED) is 0.505. The van der Waals surface area contributed by atoms with Crippen molar-refractivity contribution in [2.75, 3.05) is 11.9 Å². The van der Waals surface area contributed by atoms with Gasteiger partial charge in [0.05, 0.1) is 30.0 Å². The molecule has 2 aromatic heterocycles. The first-order valence-electron chi connectivity index (χ1n) is 7.79. The number of hydrogen-bond donors (Lipinski definition) is 2. The van der Waals surface area contributed by atoms with Crippen LogP contribution >= 0.6 is 0 Å². The van der Waals surface area contributed by atoms with Gasteiger partial charge in [-0.3, -0.25) is 10.1 Å². The van der Waals surface area contributed by atoms with E-state index in [-0.39, 0.29) is 12.3 Å². The standard InChI is InChI=1S/C17H18N4O4/c1-12-15(5-8-25-12)16-10-17(20(19-16)6-7-22)18-11-13-3-2-4-14(9-13)21(23)24/h2-5,8-10,18,22H,6-7,11H2,1H3. The number of aromatic nitrogens is 2. The minimum atomic E-state index is -0.417. The molecule has 130 valence electrons. The second-order valence-electron chi connectivity index (χ2n) is 5.53. The highest BCUT2D eigenvalue weighted by atomic mass is 16.6. The van der Waals surface area contributed by atoms with Crippen LogP contribution in [0.2, 0.25) is 0 Å². The molecule has 3 rings (SSSR count). The molecule has 0 bridgehead atoms. The number of benzene rings is 1. The van der Waals surface area contributed by atoms with Crippen molar-refractivity contribution in [3.63, 3.8) is 0 Å². The Morgan fingerprint density at radius 2 is 2.20 bits per heavy atom. The topological polar surface area (TPSA) is 106 Å². The van der Waals surface area contributed by atoms with E-state index in [1.165, 1.54) is 12.1 Å². The Morgan fingerprint density at radius 3 is 2.88 bits per heavy atom. The van der Waals surface area contributed by atoms with Crippen LogP contribution in [0.1, 0.15) is 11.3 Å². The number of nitrogens with one attached hydrogen (secondary N) is 1. The van der Waals surface area contributed by atoms with Crippen LogP contribution in [0.4, 0.5) is 11.5 Å². The first-order valence-corrected chi connectivity index (χ1v) is 7.79. The van der Waals surface area contributed by atoms with Gasteiger partial charge in [0.25, 0.3) is 5.69 Å². The number of nitro benzene ring substituents is 1. The lowest BCUT2D eigenvalue weighted by atomic mass is 10.2. The van der Waals surface area contributed by atoms with Crippen molar-refractivity contribution in [3.8, 4) is 11.3 Å². The Bertz CT molecular complexity index is 884. The summed E-state index contributed by atoms with van der Waals surface area (Å²) in [6, 6.07) is 10.2. The fraction of sp³-hybridized carbons (Fsp3) is 0.235. The van der Waals surface area contributed by atoms with Gasteiger partial charge in [-0.2, -0.15) is 5.10 Å². The lowest BCUT2D eigenvalue weighted by molar-refractivity contribution is -0.384. The molecule has 0 spiro atoms. The summed E-state index contributed by atoms with van der Waals surface area (Å²) in [5, 5.41) is 27.8. The molecule has 0 unspecified atom stereocenters. The van der Waals surface area contributed by atoms with Crippen LogP contribution in [-0.4, -0.2) is 26.4 Å². The third-order valence-electron chi connectivity index (χ3n) is 3.82. The summed E-state index contributed by atoms with van der Waals surface area (Å²) < 4.78 is 6.98. The third kappa shape index (κ3) is 3.69. The average Bonchev–Trinajstić information content (AvgIpc) is 3.19. The zero-order chi connectivity index (χ0) is 17.8. The van der Waals surface area contributed by atoms with E-state index in [2.05, 4.69) is 10.4 Å². The summed E-state index contributed by atoms with van der Waals surface area (Å²) in [6.45, 7) is 2.56. The van der Waals surface area contributed by atoms with Gasteiger partial charge in [-0.05, 0) is 18.6 Å². The average molecular weight is 342 g/mol. The van der Waals surface area contributed by atoms with Gasteiger partial charge in [0, 0.05) is 30.3 Å². The Hall–Kier alpha value is -3.13. The van der Waals surface area contributed by atoms with E-state index in [1.807, 2.05) is 25.1 Å². The predicted octanol–water partition coefficient (Wildman–Crippen LogP) is 2.96. The number of aliphatic hydroxyl groups excluding tert-OH is 1. The SMILES string of the molecule is Cc1occc1-c1cc(NCc2cccc([N+](=O)[O-])c2)n(CCO)n1. The van der Waals surface area contributed by atoms with Gasteiger partial charge in [0.2, 0.25) is 0 Å². The molecule has 0 aliphatic rings. The van der Waals surface area contributed by atoms with Gasteiger partial charge in [-0.25, -0.2) is 4.68 Å². The summed E-state index contributed by atoms with van der Waals surface area (Å²) in [5.41, 5.74) is 2.46. The summed E-state index contributed by atoms with van der Waals surface area (Å²) >= 11 is 0. The highest BCUT2D eigenvalue weighted by Gasteiger charge is 2.13. The van der Waals surface area contributed by atoms with Gasteiger partial charge in [0.1, 0.15) is 11.6 Å². The van der Waals surface area contributed by atoms with Crippen molar-refractivity contribution in [3.05, 3.63) is 64.1 Å². The third-order valence-corrected chi connectivity index (χ3v) is 3.82. The highest BCUT2D eigenvalue weighted by Crippen LogP contribution is 2.26. The molecular weight excluding hydrogens is 324 g/mol. The largest absolute Gasteiger partial charge is 0.469 e. The second kappa shape index (κ2) is 7.18. The van der Waals surface area contributed by atoms with Gasteiger partial charge in [-0.1, -0.05) is 12.1 Å². The van der Waals surface area contributed by atoms with Gasteiger partial charge in [0.15, 0.2) is 0 Å². The fourth-order valence-corrected chi connectivity index (χ4v) is 2.58. The monoisotopic (exact) mass is 342 g/mol. The van der Waals surface area contributed by atoms with Gasteiger partial charge in [-0.15, -0.1) is 0 Å². The number of nitrogens with zero attached hydrogens (tertiary/aromatic N) is 3. The van der Waals surface area contributed by atoms with Crippen LogP contribution in [0.3, 0.4) is 0 Å². The zero-order valence-electron chi connectivity index (χ0n) is 13.7. The smallest absolute Gasteiger partial charge is 0.269 e. The highest BCUT2D eigenvalue weighted by molar-refractivity contribution is 5.64. The van der Waals surface area contributed by atoms with Crippen LogP contribution < -0.4 is 5.32 Å². The Kier molecular flexibility index (Phi) is 4.80. The van der Waals surface area contributed by atoms with Gasteiger partial charge < -0.3 is 14.8 Å². The molecule has 0 aliphatic carbocycles. The Balaban J connectivity index is 1.82. The number of anilines is 1. The molecule has 0 radical (unpaired) electrons. The lowest BCUT2D eigenvalue weighted by Crippen LogP contribution is -2.10. The van der Waals surface area contributed by atoms with E-state index in [0.29, 0.717) is 13.1 Å². The molecule has 0 fully saturated rings. The summed E-state index contributed by atoms with van der Waals surface area (Å²) in [5.74, 6) is 1.48. The first kappa shape index (κ1) is 16.7. The summed E-state index contributed by atoms with van der Waals surface area (Å²) in [7, 11) is 0. The number of aliphatic hydroxyl groups is 1. The molecule has 0 saturated heterocycles. The van der Waals surface area contributed by atoms with E-state index in [4.69, 9.17) is 4.42 Å². The zero-order valence-corrected chi connectivity index (χ0v) is 13.7. The number of nitro groups is 1. The molecule has 1 aromatic carbocycles. The van der Waals surface area contributed by atoms with Gasteiger partial charge >= 0.3 is 0 Å². The number of hydrogen-bond acceptors (Lipinski definition) is 6. The van der Waals surface area contributed by atoms with Crippen LogP contribution in [0.5, 0.6) is 0 Å². The van der Waals surface area contributed by atoms with Crippen LogP contribution in [0.15, 0.2) is 47.1 Å². The molecule has 0 atom stereocenters. The second-order valence-corrected chi connectivity index (χ2v) is 5.53. The first-order chi connectivity index (χ1) is 12.1. The maximum absolute atomic E-state index is 10.9. The van der Waals surface area contributed by atoms with Crippen molar-refractivity contribution >= 4 is 11.5 Å². The molecule has 8 nitrogen and oxygen atoms in total. The van der Waals surface area contributed by atoms with Crippen molar-refractivity contribution < 1.29 is 14.4 Å². The Labute approximate surface area is 143 Å². The number of aryl methyl sites for hydroxylation is 1. The molecular formula is C17H18N4O4. The molecule has 25 heavy (non-hydrogen) atoms. The predicted molar refractivity (Wildman–Crippen MR) is 92.2 cm³/mol. The minimum Gasteiger partial charge on any atom is -0.469 e. The molecule has 2 N–H and O–H groups in total. The molecule has 0 aliphatic heterocycles. The van der Waals surface area contributed by atoms with Crippen LogP contribution in [0, 0.1) is 17.0 Å². The van der Waals surface area contributed by atoms with E-state index < -0.39 is 4.92 Å². The fourth-order valence-electron chi connectivity index (χ4n) is 2.58. The molecule has 0 amide bonds. The van der Waals surface area contributed by atoms with E-state index in [0.717, 1.165) is 28.4 Å². The van der Waals surface area contributed by atoms with E-state index in [1.54, 1.807) is 17.0 Å². The molecule has 0 saturated carbocycles. The van der Waals surface area contributed by atoms with Crippen molar-refractivity contribution in [2.24, 2.45) is 0 Å². The summed E-state index contributed by atoms with van der Waals surface area (Å²) in [6.07, 6.45) is 1.60. The van der Waals surface area contributed by atoms with Crippen molar-refractivity contribution in [2.45, 2.75) is 20.0 Å². The normalized spacial score (nSPS) is 10.8. The van der Waals surface area contributed by atoms with Crippen molar-refractivity contribution in [1.29, 1.82) is 0 Å². The maximum Gasteiger partial charge on any atom is 0.269 e.